The van der Waals surface area contributed by atoms with Crippen molar-refractivity contribution in [1.29, 1.82) is 0 Å². The fraction of sp³-hybridized carbons (Fsp3) is 0.533. The van der Waals surface area contributed by atoms with Gasteiger partial charge >= 0.3 is 5.97 Å². The van der Waals surface area contributed by atoms with Crippen molar-refractivity contribution in [2.45, 2.75) is 18.9 Å². The Morgan fingerprint density at radius 3 is 2.50 bits per heavy atom. The van der Waals surface area contributed by atoms with Gasteiger partial charge in [-0.15, -0.1) is 0 Å². The first-order valence-corrected chi connectivity index (χ1v) is 6.93. The largest absolute Gasteiger partial charge is 0.480 e. The van der Waals surface area contributed by atoms with Gasteiger partial charge in [-0.3, -0.25) is 4.90 Å². The molecule has 0 amide bonds. The first kappa shape index (κ1) is 14.9. The average molecular weight is 280 g/mol. The first-order valence-electron chi connectivity index (χ1n) is 6.93. The van der Waals surface area contributed by atoms with Gasteiger partial charge in [0.05, 0.1) is 0 Å². The molecule has 20 heavy (non-hydrogen) atoms. The van der Waals surface area contributed by atoms with Crippen molar-refractivity contribution in [2.75, 3.05) is 33.2 Å². The second-order valence-electron chi connectivity index (χ2n) is 5.32. The summed E-state index contributed by atoms with van der Waals surface area (Å²) in [6.45, 7) is 4.84. The van der Waals surface area contributed by atoms with Crippen LogP contribution < -0.4 is 0 Å². The molecule has 4 nitrogen and oxygen atoms in total. The normalized spacial score (nSPS) is 20.6. The smallest absolute Gasteiger partial charge is 0.328 e. The predicted molar refractivity (Wildman–Crippen MR) is 75.1 cm³/mol. The van der Waals surface area contributed by atoms with E-state index in [0.717, 1.165) is 13.1 Å². The molecule has 0 aromatic heterocycles. The molecule has 1 aromatic carbocycles. The van der Waals surface area contributed by atoms with Crippen LogP contribution in [0.1, 0.15) is 18.9 Å². The van der Waals surface area contributed by atoms with Gasteiger partial charge in [0.15, 0.2) is 0 Å². The second-order valence-corrected chi connectivity index (χ2v) is 5.32. The van der Waals surface area contributed by atoms with E-state index >= 15 is 0 Å². The summed E-state index contributed by atoms with van der Waals surface area (Å²) in [5, 5.41) is 9.81. The number of piperazine rings is 1. The zero-order chi connectivity index (χ0) is 14.8. The monoisotopic (exact) mass is 280 g/mol. The van der Waals surface area contributed by atoms with E-state index in [9.17, 15) is 14.3 Å². The number of carbonyl (C=O) groups is 1. The van der Waals surface area contributed by atoms with Gasteiger partial charge in [0.2, 0.25) is 0 Å². The Morgan fingerprint density at radius 1 is 1.35 bits per heavy atom. The maximum absolute atomic E-state index is 13.5. The zero-order valence-electron chi connectivity index (χ0n) is 12.0. The Kier molecular flexibility index (Phi) is 4.40. The number of carboxylic acids is 1. The van der Waals surface area contributed by atoms with Crippen molar-refractivity contribution in [3.05, 3.63) is 35.6 Å². The molecule has 1 aliphatic heterocycles. The second kappa shape index (κ2) is 5.89. The molecule has 0 aliphatic carbocycles. The van der Waals surface area contributed by atoms with Crippen molar-refractivity contribution in [2.24, 2.45) is 0 Å². The van der Waals surface area contributed by atoms with Gasteiger partial charge in [-0.2, -0.15) is 0 Å². The summed E-state index contributed by atoms with van der Waals surface area (Å²) >= 11 is 0. The summed E-state index contributed by atoms with van der Waals surface area (Å²) < 4.78 is 13.5. The van der Waals surface area contributed by atoms with Crippen LogP contribution in [-0.2, 0) is 10.3 Å². The van der Waals surface area contributed by atoms with Crippen LogP contribution in [0, 0.1) is 5.82 Å². The Labute approximate surface area is 118 Å². The first-order chi connectivity index (χ1) is 9.50. The molecule has 1 aromatic rings. The van der Waals surface area contributed by atoms with E-state index in [1.54, 1.807) is 12.1 Å². The number of rotatable bonds is 4. The van der Waals surface area contributed by atoms with E-state index in [1.807, 2.05) is 18.9 Å². The molecule has 1 heterocycles. The highest BCUT2D eigenvalue weighted by Gasteiger charge is 2.45. The minimum atomic E-state index is -1.14. The molecule has 1 unspecified atom stereocenters. The minimum absolute atomic E-state index is 0.393. The van der Waals surface area contributed by atoms with Gasteiger partial charge in [0, 0.05) is 26.2 Å². The van der Waals surface area contributed by atoms with Gasteiger partial charge < -0.3 is 10.0 Å². The summed E-state index contributed by atoms with van der Waals surface area (Å²) in [6.07, 6.45) is 0.412. The number of halogens is 1. The van der Waals surface area contributed by atoms with Crippen LogP contribution in [0.5, 0.6) is 0 Å². The predicted octanol–water partition coefficient (Wildman–Crippen LogP) is 1.76. The Balaban J connectivity index is 2.42. The molecule has 1 atom stereocenters. The maximum Gasteiger partial charge on any atom is 0.328 e. The lowest BCUT2D eigenvalue weighted by atomic mass is 9.84. The fourth-order valence-corrected chi connectivity index (χ4v) is 2.95. The molecule has 0 spiro atoms. The van der Waals surface area contributed by atoms with Crippen LogP contribution in [0.2, 0.25) is 0 Å². The molecule has 0 bridgehead atoms. The van der Waals surface area contributed by atoms with E-state index in [1.165, 1.54) is 12.1 Å². The summed E-state index contributed by atoms with van der Waals surface area (Å²) in [5.74, 6) is -1.30. The van der Waals surface area contributed by atoms with Crippen LogP contribution in [0.25, 0.3) is 0 Å². The van der Waals surface area contributed by atoms with Crippen molar-refractivity contribution >= 4 is 5.97 Å². The van der Waals surface area contributed by atoms with Gasteiger partial charge in [-0.05, 0) is 31.2 Å². The minimum Gasteiger partial charge on any atom is -0.480 e. The van der Waals surface area contributed by atoms with Crippen LogP contribution >= 0.6 is 0 Å². The third kappa shape index (κ3) is 2.55. The highest BCUT2D eigenvalue weighted by Crippen LogP contribution is 2.33. The zero-order valence-corrected chi connectivity index (χ0v) is 12.0. The molecule has 1 saturated heterocycles. The van der Waals surface area contributed by atoms with Crippen molar-refractivity contribution in [3.63, 3.8) is 0 Å². The molecule has 110 valence electrons. The lowest BCUT2D eigenvalue weighted by Gasteiger charge is -2.44. The Morgan fingerprint density at radius 2 is 2.00 bits per heavy atom. The van der Waals surface area contributed by atoms with Gasteiger partial charge in [-0.25, -0.2) is 9.18 Å². The van der Waals surface area contributed by atoms with E-state index in [4.69, 9.17) is 0 Å². The quantitative estimate of drug-likeness (QED) is 0.913. The van der Waals surface area contributed by atoms with Crippen molar-refractivity contribution < 1.29 is 14.3 Å². The lowest BCUT2D eigenvalue weighted by Crippen LogP contribution is -2.58. The Hall–Kier alpha value is -1.46. The van der Waals surface area contributed by atoms with Crippen LogP contribution in [0.3, 0.4) is 0 Å². The SMILES string of the molecule is CCC(C(=O)O)(c1cccc(F)c1)N1CCN(C)CC1. The number of carboxylic acid groups (broad SMARTS) is 1. The summed E-state index contributed by atoms with van der Waals surface area (Å²) in [4.78, 5) is 16.1. The van der Waals surface area contributed by atoms with E-state index in [2.05, 4.69) is 4.90 Å². The van der Waals surface area contributed by atoms with Crippen molar-refractivity contribution in [3.8, 4) is 0 Å². The number of hydrogen-bond donors (Lipinski definition) is 1. The average Bonchev–Trinajstić information content (AvgIpc) is 2.42. The number of aliphatic carboxylic acids is 1. The van der Waals surface area contributed by atoms with Gasteiger partial charge in [0.25, 0.3) is 0 Å². The molecular weight excluding hydrogens is 259 g/mol. The van der Waals surface area contributed by atoms with Gasteiger partial charge in [-0.1, -0.05) is 19.1 Å². The summed E-state index contributed by atoms with van der Waals surface area (Å²) in [6, 6.07) is 5.97. The van der Waals surface area contributed by atoms with Crippen LogP contribution in [-0.4, -0.2) is 54.1 Å². The molecule has 1 N–H and O–H groups in total. The molecular formula is C15H21FN2O2. The molecule has 5 heteroatoms. The fourth-order valence-electron chi connectivity index (χ4n) is 2.95. The standard InChI is InChI=1S/C15H21FN2O2/c1-3-15(14(19)20,12-5-4-6-13(16)11-12)18-9-7-17(2)8-10-18/h4-6,11H,3,7-10H2,1-2H3,(H,19,20). The number of hydrogen-bond acceptors (Lipinski definition) is 3. The van der Waals surface area contributed by atoms with Crippen LogP contribution in [0.4, 0.5) is 4.39 Å². The molecule has 1 aliphatic rings. The summed E-state index contributed by atoms with van der Waals surface area (Å²) in [5.41, 5.74) is -0.611. The highest BCUT2D eigenvalue weighted by molar-refractivity contribution is 5.80. The third-order valence-electron chi connectivity index (χ3n) is 4.21. The van der Waals surface area contributed by atoms with E-state index in [-0.39, 0.29) is 0 Å². The van der Waals surface area contributed by atoms with E-state index in [0.29, 0.717) is 25.1 Å². The maximum atomic E-state index is 13.5. The van der Waals surface area contributed by atoms with E-state index < -0.39 is 17.3 Å². The molecule has 1 fully saturated rings. The topological polar surface area (TPSA) is 43.8 Å². The van der Waals surface area contributed by atoms with Crippen LogP contribution in [0.15, 0.2) is 24.3 Å². The van der Waals surface area contributed by atoms with Crippen molar-refractivity contribution in [1.82, 2.24) is 9.80 Å². The summed E-state index contributed by atoms with van der Waals surface area (Å²) in [7, 11) is 2.02. The number of benzene rings is 1. The van der Waals surface area contributed by atoms with Gasteiger partial charge in [0.1, 0.15) is 11.4 Å². The molecule has 0 saturated carbocycles. The molecule has 0 radical (unpaired) electrons. The number of nitrogens with zero attached hydrogens (tertiary/aromatic N) is 2. The highest BCUT2D eigenvalue weighted by atomic mass is 19.1. The lowest BCUT2D eigenvalue weighted by molar-refractivity contribution is -0.154. The Bertz CT molecular complexity index is 487. The third-order valence-corrected chi connectivity index (χ3v) is 4.21. The number of likely N-dealkylation sites (N-methyl/N-ethyl adjacent to an activating group) is 1. The molecule has 2 rings (SSSR count).